The average molecular weight is 293 g/mol. The molecule has 0 spiro atoms. The maximum absolute atomic E-state index is 12.3. The summed E-state index contributed by atoms with van der Waals surface area (Å²) in [6.45, 7) is 1.40. The van der Waals surface area contributed by atoms with E-state index in [0.29, 0.717) is 6.54 Å². The first-order valence-electron chi connectivity index (χ1n) is 7.44. The first kappa shape index (κ1) is 14.4. The van der Waals surface area contributed by atoms with E-state index in [1.807, 2.05) is 53.4 Å². The maximum atomic E-state index is 12.3. The molecule has 0 bridgehead atoms. The highest BCUT2D eigenvalue weighted by atomic mass is 16.5. The van der Waals surface area contributed by atoms with Gasteiger partial charge in [-0.3, -0.25) is 4.79 Å². The van der Waals surface area contributed by atoms with Crippen molar-refractivity contribution in [2.45, 2.75) is 13.0 Å². The summed E-state index contributed by atoms with van der Waals surface area (Å²) in [5.74, 6) is 0.894. The molecule has 0 saturated carbocycles. The van der Waals surface area contributed by atoms with Gasteiger partial charge in [0.1, 0.15) is 5.75 Å². The largest absolute Gasteiger partial charge is 0.497 e. The predicted octanol–water partition coefficient (Wildman–Crippen LogP) is 3.29. The number of rotatable bonds is 3. The molecule has 3 nitrogen and oxygen atoms in total. The number of nitrogens with zero attached hydrogens (tertiary/aromatic N) is 1. The second-order valence-electron chi connectivity index (χ2n) is 5.39. The molecule has 0 N–H and O–H groups in total. The van der Waals surface area contributed by atoms with E-state index in [1.165, 1.54) is 11.1 Å². The summed E-state index contributed by atoms with van der Waals surface area (Å²) in [6, 6.07) is 16.0. The molecule has 22 heavy (non-hydrogen) atoms. The summed E-state index contributed by atoms with van der Waals surface area (Å²) < 4.78 is 5.26. The van der Waals surface area contributed by atoms with Crippen LogP contribution in [-0.4, -0.2) is 24.5 Å². The number of fused-ring (bicyclic) bond motifs is 1. The fraction of sp³-hybridized carbons (Fsp3) is 0.211. The molecule has 0 aromatic heterocycles. The maximum Gasteiger partial charge on any atom is 0.246 e. The van der Waals surface area contributed by atoms with E-state index in [0.717, 1.165) is 24.3 Å². The van der Waals surface area contributed by atoms with Gasteiger partial charge in [0, 0.05) is 19.2 Å². The van der Waals surface area contributed by atoms with Crippen LogP contribution < -0.4 is 4.74 Å². The van der Waals surface area contributed by atoms with Gasteiger partial charge in [0.05, 0.1) is 7.11 Å². The number of hydrogen-bond donors (Lipinski definition) is 0. The summed E-state index contributed by atoms with van der Waals surface area (Å²) in [6.07, 6.45) is 4.41. The SMILES string of the molecule is COc1ccc2c(c1)CN(C(=O)C=Cc1ccccc1)CC2. The first-order chi connectivity index (χ1) is 10.8. The normalized spacial score (nSPS) is 14.0. The van der Waals surface area contributed by atoms with Crippen molar-refractivity contribution in [3.8, 4) is 5.75 Å². The van der Waals surface area contributed by atoms with E-state index < -0.39 is 0 Å². The van der Waals surface area contributed by atoms with Gasteiger partial charge in [-0.05, 0) is 41.3 Å². The van der Waals surface area contributed by atoms with E-state index in [-0.39, 0.29) is 5.91 Å². The van der Waals surface area contributed by atoms with Crippen molar-refractivity contribution < 1.29 is 9.53 Å². The number of hydrogen-bond acceptors (Lipinski definition) is 2. The third-order valence-corrected chi connectivity index (χ3v) is 3.96. The monoisotopic (exact) mass is 293 g/mol. The smallest absolute Gasteiger partial charge is 0.246 e. The highest BCUT2D eigenvalue weighted by Crippen LogP contribution is 2.24. The Morgan fingerprint density at radius 2 is 1.95 bits per heavy atom. The lowest BCUT2D eigenvalue weighted by molar-refractivity contribution is -0.126. The van der Waals surface area contributed by atoms with Crippen LogP contribution in [0.25, 0.3) is 6.08 Å². The minimum absolute atomic E-state index is 0.0531. The molecule has 0 radical (unpaired) electrons. The van der Waals surface area contributed by atoms with E-state index >= 15 is 0 Å². The molecule has 0 unspecified atom stereocenters. The molecule has 1 aliphatic heterocycles. The second kappa shape index (κ2) is 6.48. The molecule has 0 aliphatic carbocycles. The van der Waals surface area contributed by atoms with E-state index in [2.05, 4.69) is 6.07 Å². The zero-order chi connectivity index (χ0) is 15.4. The van der Waals surface area contributed by atoms with Crippen LogP contribution in [-0.2, 0) is 17.8 Å². The first-order valence-corrected chi connectivity index (χ1v) is 7.44. The Hall–Kier alpha value is -2.55. The third-order valence-electron chi connectivity index (χ3n) is 3.96. The van der Waals surface area contributed by atoms with Crippen molar-refractivity contribution in [3.63, 3.8) is 0 Å². The Morgan fingerprint density at radius 3 is 2.73 bits per heavy atom. The summed E-state index contributed by atoms with van der Waals surface area (Å²) in [5.41, 5.74) is 3.51. The topological polar surface area (TPSA) is 29.5 Å². The van der Waals surface area contributed by atoms with E-state index in [4.69, 9.17) is 4.74 Å². The quantitative estimate of drug-likeness (QED) is 0.813. The predicted molar refractivity (Wildman–Crippen MR) is 87.6 cm³/mol. The summed E-state index contributed by atoms with van der Waals surface area (Å²) in [5, 5.41) is 0. The number of benzene rings is 2. The zero-order valence-electron chi connectivity index (χ0n) is 12.7. The molecule has 0 atom stereocenters. The number of methoxy groups -OCH3 is 1. The highest BCUT2D eigenvalue weighted by molar-refractivity contribution is 5.91. The van der Waals surface area contributed by atoms with Crippen LogP contribution in [0.2, 0.25) is 0 Å². The van der Waals surface area contributed by atoms with Gasteiger partial charge in [0.2, 0.25) is 5.91 Å². The van der Waals surface area contributed by atoms with Gasteiger partial charge in [-0.15, -0.1) is 0 Å². The lowest BCUT2D eigenvalue weighted by atomic mass is 9.99. The molecule has 3 heteroatoms. The van der Waals surface area contributed by atoms with Crippen molar-refractivity contribution in [2.24, 2.45) is 0 Å². The lowest BCUT2D eigenvalue weighted by Gasteiger charge is -2.28. The Labute approximate surface area is 130 Å². The van der Waals surface area contributed by atoms with Crippen molar-refractivity contribution >= 4 is 12.0 Å². The van der Waals surface area contributed by atoms with Crippen LogP contribution in [0, 0.1) is 0 Å². The minimum atomic E-state index is 0.0531. The third kappa shape index (κ3) is 3.19. The standard InChI is InChI=1S/C19H19NO2/c1-22-18-9-8-16-11-12-20(14-17(16)13-18)19(21)10-7-15-5-3-2-4-6-15/h2-10,13H,11-12,14H2,1H3. The van der Waals surface area contributed by atoms with Crippen LogP contribution >= 0.6 is 0 Å². The molecular formula is C19H19NO2. The van der Waals surface area contributed by atoms with Gasteiger partial charge in [-0.1, -0.05) is 36.4 Å². The number of carbonyl (C=O) groups is 1. The van der Waals surface area contributed by atoms with Crippen LogP contribution in [0.1, 0.15) is 16.7 Å². The summed E-state index contributed by atoms with van der Waals surface area (Å²) in [7, 11) is 1.66. The Morgan fingerprint density at radius 1 is 1.14 bits per heavy atom. The highest BCUT2D eigenvalue weighted by Gasteiger charge is 2.19. The Kier molecular flexibility index (Phi) is 4.24. The molecule has 112 valence electrons. The lowest BCUT2D eigenvalue weighted by Crippen LogP contribution is -2.34. The molecule has 2 aromatic rings. The van der Waals surface area contributed by atoms with Gasteiger partial charge >= 0.3 is 0 Å². The Balaban J connectivity index is 1.71. The van der Waals surface area contributed by atoms with Crippen LogP contribution in [0.5, 0.6) is 5.75 Å². The number of amides is 1. The molecule has 3 rings (SSSR count). The van der Waals surface area contributed by atoms with Gasteiger partial charge in [-0.25, -0.2) is 0 Å². The minimum Gasteiger partial charge on any atom is -0.497 e. The average Bonchev–Trinajstić information content (AvgIpc) is 2.59. The molecule has 0 fully saturated rings. The van der Waals surface area contributed by atoms with Gasteiger partial charge in [0.15, 0.2) is 0 Å². The van der Waals surface area contributed by atoms with Gasteiger partial charge in [0.25, 0.3) is 0 Å². The molecular weight excluding hydrogens is 274 g/mol. The number of carbonyl (C=O) groups excluding carboxylic acids is 1. The summed E-state index contributed by atoms with van der Waals surface area (Å²) >= 11 is 0. The Bertz CT molecular complexity index is 692. The van der Waals surface area contributed by atoms with Crippen molar-refractivity contribution in [1.29, 1.82) is 0 Å². The zero-order valence-corrected chi connectivity index (χ0v) is 12.7. The van der Waals surface area contributed by atoms with Crippen LogP contribution in [0.15, 0.2) is 54.6 Å². The molecule has 1 aliphatic rings. The second-order valence-corrected chi connectivity index (χ2v) is 5.39. The number of ether oxygens (including phenoxy) is 1. The van der Waals surface area contributed by atoms with Crippen LogP contribution in [0.4, 0.5) is 0 Å². The van der Waals surface area contributed by atoms with Gasteiger partial charge < -0.3 is 9.64 Å². The fourth-order valence-corrected chi connectivity index (χ4v) is 2.69. The molecule has 1 amide bonds. The molecule has 2 aromatic carbocycles. The van der Waals surface area contributed by atoms with Crippen LogP contribution in [0.3, 0.4) is 0 Å². The van der Waals surface area contributed by atoms with E-state index in [9.17, 15) is 4.79 Å². The van der Waals surface area contributed by atoms with E-state index in [1.54, 1.807) is 13.2 Å². The van der Waals surface area contributed by atoms with Crippen molar-refractivity contribution in [1.82, 2.24) is 4.90 Å². The summed E-state index contributed by atoms with van der Waals surface area (Å²) in [4.78, 5) is 14.2. The molecule has 1 heterocycles. The van der Waals surface area contributed by atoms with Crippen molar-refractivity contribution in [2.75, 3.05) is 13.7 Å². The fourth-order valence-electron chi connectivity index (χ4n) is 2.69. The molecule has 0 saturated heterocycles. The van der Waals surface area contributed by atoms with Crippen molar-refractivity contribution in [3.05, 3.63) is 71.3 Å². The van der Waals surface area contributed by atoms with Gasteiger partial charge in [-0.2, -0.15) is 0 Å².